The number of furan rings is 1. The monoisotopic (exact) mass is 258 g/mol. The van der Waals surface area contributed by atoms with Gasteiger partial charge in [-0.2, -0.15) is 0 Å². The van der Waals surface area contributed by atoms with Gasteiger partial charge in [0.05, 0.1) is 12.5 Å². The highest BCUT2D eigenvalue weighted by Gasteiger charge is 2.23. The van der Waals surface area contributed by atoms with Crippen molar-refractivity contribution in [1.29, 1.82) is 0 Å². The van der Waals surface area contributed by atoms with Gasteiger partial charge < -0.3 is 9.15 Å². The highest BCUT2D eigenvalue weighted by Crippen LogP contribution is 2.27. The first kappa shape index (κ1) is 14.1. The number of carbonyl (C=O) groups excluding carboxylic acids is 1. The smallest absolute Gasteiger partial charge is 0.342 e. The van der Waals surface area contributed by atoms with E-state index in [1.165, 1.54) is 0 Å². The Morgan fingerprint density at radius 1 is 1.47 bits per heavy atom. The molecule has 1 rings (SSSR count). The van der Waals surface area contributed by atoms with Gasteiger partial charge in [-0.25, -0.2) is 4.79 Å². The Labute approximate surface area is 107 Å². The van der Waals surface area contributed by atoms with E-state index in [2.05, 4.69) is 13.8 Å². The summed E-state index contributed by atoms with van der Waals surface area (Å²) >= 11 is 5.91. The van der Waals surface area contributed by atoms with Crippen LogP contribution in [0.3, 0.4) is 0 Å². The number of hydrogen-bond donors (Lipinski definition) is 0. The van der Waals surface area contributed by atoms with E-state index in [9.17, 15) is 4.79 Å². The molecule has 0 unspecified atom stereocenters. The van der Waals surface area contributed by atoms with Gasteiger partial charge >= 0.3 is 5.97 Å². The molecule has 0 aromatic carbocycles. The van der Waals surface area contributed by atoms with Gasteiger partial charge in [0.15, 0.2) is 0 Å². The van der Waals surface area contributed by atoms with E-state index in [1.807, 2.05) is 0 Å². The molecular formula is C13H19ClO3. The molecule has 0 saturated carbocycles. The molecule has 1 heterocycles. The molecule has 4 heteroatoms. The van der Waals surface area contributed by atoms with Crippen LogP contribution in [0.1, 0.15) is 48.2 Å². The molecule has 0 aliphatic carbocycles. The minimum Gasteiger partial charge on any atom is -0.465 e. The van der Waals surface area contributed by atoms with Gasteiger partial charge in [0, 0.05) is 12.0 Å². The zero-order valence-electron chi connectivity index (χ0n) is 10.8. The number of halogens is 1. The molecule has 1 aromatic rings. The van der Waals surface area contributed by atoms with Gasteiger partial charge in [-0.15, -0.1) is 11.6 Å². The Bertz CT molecular complexity index is 394. The molecule has 0 radical (unpaired) electrons. The largest absolute Gasteiger partial charge is 0.465 e. The molecule has 0 saturated heterocycles. The van der Waals surface area contributed by atoms with Crippen LogP contribution in [0.5, 0.6) is 0 Å². The van der Waals surface area contributed by atoms with Crippen LogP contribution in [0.2, 0.25) is 0 Å². The van der Waals surface area contributed by atoms with Crippen molar-refractivity contribution in [3.8, 4) is 0 Å². The molecule has 0 fully saturated rings. The van der Waals surface area contributed by atoms with Gasteiger partial charge in [-0.05, 0) is 19.8 Å². The molecular weight excluding hydrogens is 240 g/mol. The fourth-order valence-electron chi connectivity index (χ4n) is 1.80. The molecule has 17 heavy (non-hydrogen) atoms. The first-order chi connectivity index (χ1) is 8.01. The number of carbonyl (C=O) groups is 1. The van der Waals surface area contributed by atoms with Crippen LogP contribution in [-0.4, -0.2) is 12.6 Å². The number of aryl methyl sites for hydroxylation is 1. The second kappa shape index (κ2) is 6.10. The summed E-state index contributed by atoms with van der Waals surface area (Å²) in [4.78, 5) is 11.8. The molecule has 0 atom stereocenters. The van der Waals surface area contributed by atoms with Crippen LogP contribution in [0.4, 0.5) is 0 Å². The van der Waals surface area contributed by atoms with Gasteiger partial charge in [-0.1, -0.05) is 13.8 Å². The number of alkyl halides is 1. The van der Waals surface area contributed by atoms with Gasteiger partial charge in [0.2, 0.25) is 0 Å². The maximum atomic E-state index is 11.8. The molecule has 0 spiro atoms. The van der Waals surface area contributed by atoms with Gasteiger partial charge in [0.25, 0.3) is 0 Å². The van der Waals surface area contributed by atoms with Crippen molar-refractivity contribution in [3.05, 3.63) is 22.6 Å². The average Bonchev–Trinajstić information content (AvgIpc) is 2.53. The molecule has 0 aliphatic rings. The lowest BCUT2D eigenvalue weighted by molar-refractivity contribution is 0.0523. The van der Waals surface area contributed by atoms with Crippen molar-refractivity contribution in [3.63, 3.8) is 0 Å². The summed E-state index contributed by atoms with van der Waals surface area (Å²) in [5.41, 5.74) is 1.27. The second-order valence-corrected chi connectivity index (χ2v) is 4.65. The van der Waals surface area contributed by atoms with Crippen molar-refractivity contribution in [2.75, 3.05) is 6.61 Å². The van der Waals surface area contributed by atoms with E-state index in [0.29, 0.717) is 23.8 Å². The lowest BCUT2D eigenvalue weighted by Crippen LogP contribution is -2.08. The molecule has 1 aromatic heterocycles. The summed E-state index contributed by atoms with van der Waals surface area (Å²) in [5.74, 6) is 1.77. The van der Waals surface area contributed by atoms with Crippen molar-refractivity contribution in [1.82, 2.24) is 0 Å². The predicted octanol–water partition coefficient (Wildman–Crippen LogP) is 3.70. The normalized spacial score (nSPS) is 10.9. The van der Waals surface area contributed by atoms with Crippen molar-refractivity contribution in [2.45, 2.75) is 40.0 Å². The third kappa shape index (κ3) is 3.25. The maximum absolute atomic E-state index is 11.8. The standard InChI is InChI=1S/C13H19ClO3/c1-5-16-13(15)12-9(4)17-11(6-8(2)3)10(12)7-14/h8H,5-7H2,1-4H3. The Balaban J connectivity index is 3.12. The molecule has 0 N–H and O–H groups in total. The van der Waals surface area contributed by atoms with Gasteiger partial charge in [0.1, 0.15) is 17.1 Å². The van der Waals surface area contributed by atoms with Crippen LogP contribution in [0.25, 0.3) is 0 Å². The van der Waals surface area contributed by atoms with E-state index >= 15 is 0 Å². The average molecular weight is 259 g/mol. The third-order valence-corrected chi connectivity index (χ3v) is 2.74. The van der Waals surface area contributed by atoms with Crippen LogP contribution in [0.15, 0.2) is 4.42 Å². The van der Waals surface area contributed by atoms with E-state index in [4.69, 9.17) is 20.8 Å². The molecule has 96 valence electrons. The van der Waals surface area contributed by atoms with E-state index in [0.717, 1.165) is 17.7 Å². The lowest BCUT2D eigenvalue weighted by atomic mass is 10.0. The fraction of sp³-hybridized carbons (Fsp3) is 0.615. The summed E-state index contributed by atoms with van der Waals surface area (Å²) in [5, 5.41) is 0. The predicted molar refractivity (Wildman–Crippen MR) is 67.5 cm³/mol. The number of esters is 1. The topological polar surface area (TPSA) is 39.4 Å². The van der Waals surface area contributed by atoms with E-state index in [1.54, 1.807) is 13.8 Å². The first-order valence-corrected chi connectivity index (χ1v) is 6.38. The first-order valence-electron chi connectivity index (χ1n) is 5.85. The second-order valence-electron chi connectivity index (χ2n) is 4.39. The van der Waals surface area contributed by atoms with Crippen molar-refractivity contribution in [2.24, 2.45) is 5.92 Å². The minimum absolute atomic E-state index is 0.271. The number of rotatable bonds is 5. The zero-order valence-corrected chi connectivity index (χ0v) is 11.6. The van der Waals surface area contributed by atoms with E-state index in [-0.39, 0.29) is 11.8 Å². The molecule has 0 bridgehead atoms. The number of ether oxygens (including phenoxy) is 1. The zero-order chi connectivity index (χ0) is 13.0. The molecule has 0 amide bonds. The highest BCUT2D eigenvalue weighted by atomic mass is 35.5. The summed E-state index contributed by atoms with van der Waals surface area (Å²) in [7, 11) is 0. The van der Waals surface area contributed by atoms with Crippen molar-refractivity contribution >= 4 is 17.6 Å². The van der Waals surface area contributed by atoms with Crippen molar-refractivity contribution < 1.29 is 13.9 Å². The Morgan fingerprint density at radius 3 is 2.59 bits per heavy atom. The number of hydrogen-bond acceptors (Lipinski definition) is 3. The Morgan fingerprint density at radius 2 is 2.12 bits per heavy atom. The summed E-state index contributed by atoms with van der Waals surface area (Å²) in [6.07, 6.45) is 0.780. The fourth-order valence-corrected chi connectivity index (χ4v) is 2.08. The molecule has 3 nitrogen and oxygen atoms in total. The van der Waals surface area contributed by atoms with Crippen LogP contribution in [0, 0.1) is 12.8 Å². The Kier molecular flexibility index (Phi) is 5.06. The quantitative estimate of drug-likeness (QED) is 0.597. The molecule has 0 aliphatic heterocycles. The minimum atomic E-state index is -0.348. The van der Waals surface area contributed by atoms with Crippen LogP contribution >= 0.6 is 11.6 Å². The van der Waals surface area contributed by atoms with Crippen LogP contribution < -0.4 is 0 Å². The SMILES string of the molecule is CCOC(=O)c1c(C)oc(CC(C)C)c1CCl. The van der Waals surface area contributed by atoms with Gasteiger partial charge in [-0.3, -0.25) is 0 Å². The summed E-state index contributed by atoms with van der Waals surface area (Å²) < 4.78 is 10.6. The highest BCUT2D eigenvalue weighted by molar-refractivity contribution is 6.17. The Hall–Kier alpha value is -0.960. The maximum Gasteiger partial charge on any atom is 0.342 e. The lowest BCUT2D eigenvalue weighted by Gasteiger charge is -2.04. The third-order valence-electron chi connectivity index (χ3n) is 2.47. The van der Waals surface area contributed by atoms with Crippen LogP contribution in [-0.2, 0) is 17.0 Å². The summed E-state index contributed by atoms with van der Waals surface area (Å²) in [6.45, 7) is 8.10. The van der Waals surface area contributed by atoms with E-state index < -0.39 is 0 Å². The summed E-state index contributed by atoms with van der Waals surface area (Å²) in [6, 6.07) is 0.